The summed E-state index contributed by atoms with van der Waals surface area (Å²) in [6.45, 7) is 9.58. The first-order valence-corrected chi connectivity index (χ1v) is 12.2. The van der Waals surface area contributed by atoms with Crippen LogP contribution in [-0.2, 0) is 24.4 Å². The van der Waals surface area contributed by atoms with Gasteiger partial charge in [-0.3, -0.25) is 0 Å². The van der Waals surface area contributed by atoms with E-state index in [4.69, 9.17) is 15.7 Å². The number of aromatic nitrogens is 3. The van der Waals surface area contributed by atoms with E-state index in [9.17, 15) is 13.2 Å². The maximum Gasteiger partial charge on any atom is 0.419 e. The maximum absolute atomic E-state index is 13.6. The van der Waals surface area contributed by atoms with E-state index in [1.54, 1.807) is 4.90 Å². The summed E-state index contributed by atoms with van der Waals surface area (Å²) >= 11 is 0. The molecule has 9 heteroatoms. The molecule has 0 saturated carbocycles. The fourth-order valence-corrected chi connectivity index (χ4v) is 4.32. The highest BCUT2D eigenvalue weighted by Crippen LogP contribution is 2.36. The lowest BCUT2D eigenvalue weighted by Gasteiger charge is -2.24. The fraction of sp³-hybridized carbons (Fsp3) is 0.444. The molecule has 0 bridgehead atoms. The SMILES string of the molecule is CC(C)c1nc2c(c(Nc3ccc(C(C)(C)CN)cc3)n1)CCN(c1ncccc1C(F)(F)F)CC2. The van der Waals surface area contributed by atoms with E-state index in [-0.39, 0.29) is 17.2 Å². The van der Waals surface area contributed by atoms with Crippen molar-refractivity contribution < 1.29 is 13.2 Å². The van der Waals surface area contributed by atoms with Crippen LogP contribution in [0.5, 0.6) is 0 Å². The van der Waals surface area contributed by atoms with Gasteiger partial charge in [-0.1, -0.05) is 39.8 Å². The zero-order chi connectivity index (χ0) is 26.1. The van der Waals surface area contributed by atoms with E-state index in [1.165, 1.54) is 12.3 Å². The van der Waals surface area contributed by atoms with Gasteiger partial charge in [0.15, 0.2) is 0 Å². The van der Waals surface area contributed by atoms with Crippen LogP contribution in [0.3, 0.4) is 0 Å². The first-order chi connectivity index (χ1) is 17.0. The van der Waals surface area contributed by atoms with Gasteiger partial charge in [0.25, 0.3) is 0 Å². The van der Waals surface area contributed by atoms with E-state index in [2.05, 4.69) is 36.3 Å². The van der Waals surface area contributed by atoms with E-state index in [0.29, 0.717) is 44.1 Å². The van der Waals surface area contributed by atoms with Gasteiger partial charge in [-0.2, -0.15) is 13.2 Å². The minimum absolute atomic E-state index is 0.0394. The molecular formula is C27H33F3N6. The molecule has 1 aromatic carbocycles. The van der Waals surface area contributed by atoms with Crippen LogP contribution in [0.2, 0.25) is 0 Å². The Kier molecular flexibility index (Phi) is 7.22. The molecule has 1 aliphatic heterocycles. The van der Waals surface area contributed by atoms with Crippen LogP contribution < -0.4 is 16.0 Å². The number of fused-ring (bicyclic) bond motifs is 1. The van der Waals surface area contributed by atoms with Crippen molar-refractivity contribution in [1.29, 1.82) is 0 Å². The van der Waals surface area contributed by atoms with Crippen LogP contribution in [0.25, 0.3) is 0 Å². The van der Waals surface area contributed by atoms with Crippen molar-refractivity contribution in [3.63, 3.8) is 0 Å². The van der Waals surface area contributed by atoms with Gasteiger partial charge in [0.05, 0.1) is 11.3 Å². The number of hydrogen-bond acceptors (Lipinski definition) is 6. The van der Waals surface area contributed by atoms with Crippen molar-refractivity contribution >= 4 is 17.3 Å². The maximum atomic E-state index is 13.6. The van der Waals surface area contributed by atoms with Crippen molar-refractivity contribution in [3.8, 4) is 0 Å². The zero-order valence-electron chi connectivity index (χ0n) is 21.2. The number of alkyl halides is 3. The van der Waals surface area contributed by atoms with Crippen LogP contribution in [0, 0.1) is 0 Å². The number of nitrogens with two attached hydrogens (primary N) is 1. The molecule has 1 aliphatic rings. The third-order valence-corrected chi connectivity index (χ3v) is 6.71. The second-order valence-electron chi connectivity index (χ2n) is 10.2. The predicted octanol–water partition coefficient (Wildman–Crippen LogP) is 5.60. The van der Waals surface area contributed by atoms with Gasteiger partial charge in [0.2, 0.25) is 0 Å². The van der Waals surface area contributed by atoms with Crippen LogP contribution in [0.15, 0.2) is 42.6 Å². The molecule has 2 aromatic heterocycles. The third-order valence-electron chi connectivity index (χ3n) is 6.71. The second kappa shape index (κ2) is 10.0. The van der Waals surface area contributed by atoms with Crippen LogP contribution in [0.4, 0.5) is 30.5 Å². The normalized spacial score (nSPS) is 14.5. The van der Waals surface area contributed by atoms with Gasteiger partial charge in [-0.05, 0) is 36.2 Å². The first-order valence-electron chi connectivity index (χ1n) is 12.2. The number of halogens is 3. The molecule has 0 atom stereocenters. The molecule has 0 radical (unpaired) electrons. The van der Waals surface area contributed by atoms with Crippen LogP contribution in [0.1, 0.15) is 61.8 Å². The average Bonchev–Trinajstić information content (AvgIpc) is 3.07. The summed E-state index contributed by atoms with van der Waals surface area (Å²) in [5, 5.41) is 3.45. The Morgan fingerprint density at radius 2 is 1.72 bits per heavy atom. The summed E-state index contributed by atoms with van der Waals surface area (Å²) < 4.78 is 40.9. The van der Waals surface area contributed by atoms with E-state index in [0.717, 1.165) is 28.6 Å². The molecule has 3 heterocycles. The Labute approximate surface area is 210 Å². The number of hydrogen-bond donors (Lipinski definition) is 2. The number of pyridine rings is 1. The van der Waals surface area contributed by atoms with Crippen molar-refractivity contribution in [3.05, 3.63) is 70.8 Å². The zero-order valence-corrected chi connectivity index (χ0v) is 21.2. The third kappa shape index (κ3) is 5.46. The van der Waals surface area contributed by atoms with Gasteiger partial charge in [-0.15, -0.1) is 0 Å². The molecule has 3 aromatic rings. The number of benzene rings is 1. The Hall–Kier alpha value is -3.20. The highest BCUT2D eigenvalue weighted by molar-refractivity contribution is 5.62. The highest BCUT2D eigenvalue weighted by atomic mass is 19.4. The Morgan fingerprint density at radius 1 is 1.03 bits per heavy atom. The van der Waals surface area contributed by atoms with Crippen molar-refractivity contribution in [1.82, 2.24) is 15.0 Å². The molecule has 192 valence electrons. The van der Waals surface area contributed by atoms with Crippen molar-refractivity contribution in [2.45, 2.75) is 58.0 Å². The molecule has 36 heavy (non-hydrogen) atoms. The average molecular weight is 499 g/mol. The first kappa shape index (κ1) is 25.9. The largest absolute Gasteiger partial charge is 0.419 e. The van der Waals surface area contributed by atoms with E-state index in [1.807, 2.05) is 26.0 Å². The molecular weight excluding hydrogens is 465 g/mol. The summed E-state index contributed by atoms with van der Waals surface area (Å²) in [5.41, 5.74) is 8.89. The van der Waals surface area contributed by atoms with Gasteiger partial charge in [0.1, 0.15) is 17.5 Å². The predicted molar refractivity (Wildman–Crippen MR) is 137 cm³/mol. The molecule has 0 aliphatic carbocycles. The Morgan fingerprint density at radius 3 is 2.36 bits per heavy atom. The monoisotopic (exact) mass is 498 g/mol. The highest BCUT2D eigenvalue weighted by Gasteiger charge is 2.36. The number of anilines is 3. The summed E-state index contributed by atoms with van der Waals surface area (Å²) in [6.07, 6.45) is -2.06. The lowest BCUT2D eigenvalue weighted by molar-refractivity contribution is -0.137. The smallest absolute Gasteiger partial charge is 0.355 e. The van der Waals surface area contributed by atoms with Gasteiger partial charge >= 0.3 is 6.18 Å². The Bertz CT molecular complexity index is 1210. The molecule has 0 saturated heterocycles. The van der Waals surface area contributed by atoms with Gasteiger partial charge in [-0.25, -0.2) is 15.0 Å². The molecule has 3 N–H and O–H groups in total. The topological polar surface area (TPSA) is 80.0 Å². The fourth-order valence-electron chi connectivity index (χ4n) is 4.32. The minimum atomic E-state index is -4.47. The van der Waals surface area contributed by atoms with E-state index < -0.39 is 11.7 Å². The molecule has 0 unspecified atom stereocenters. The standard InChI is InChI=1S/C27H33F3N6/c1-17(2)23-34-22-12-15-36(25-21(27(28,29)30)6-5-13-32-25)14-11-20(22)24(35-23)33-19-9-7-18(8-10-19)26(3,4)16-31/h5-10,13,17H,11-12,14-16,31H2,1-4H3,(H,33,34,35). The van der Waals surface area contributed by atoms with Crippen LogP contribution in [-0.4, -0.2) is 34.6 Å². The lowest BCUT2D eigenvalue weighted by atomic mass is 9.85. The molecule has 0 fully saturated rings. The number of rotatable bonds is 6. The van der Waals surface area contributed by atoms with E-state index >= 15 is 0 Å². The summed E-state index contributed by atoms with van der Waals surface area (Å²) in [6, 6.07) is 10.5. The molecule has 6 nitrogen and oxygen atoms in total. The molecule has 0 spiro atoms. The second-order valence-corrected chi connectivity index (χ2v) is 10.2. The van der Waals surface area contributed by atoms with Crippen LogP contribution >= 0.6 is 0 Å². The molecule has 0 amide bonds. The number of nitrogens with one attached hydrogen (secondary N) is 1. The lowest BCUT2D eigenvalue weighted by Crippen LogP contribution is -2.29. The summed E-state index contributed by atoms with van der Waals surface area (Å²) in [4.78, 5) is 15.4. The van der Waals surface area contributed by atoms with Crippen molar-refractivity contribution in [2.75, 3.05) is 29.9 Å². The summed E-state index contributed by atoms with van der Waals surface area (Å²) in [7, 11) is 0. The number of nitrogens with zero attached hydrogens (tertiary/aromatic N) is 4. The minimum Gasteiger partial charge on any atom is -0.355 e. The summed E-state index contributed by atoms with van der Waals surface area (Å²) in [5.74, 6) is 1.48. The quantitative estimate of drug-likeness (QED) is 0.461. The van der Waals surface area contributed by atoms with Gasteiger partial charge in [0, 0.05) is 54.8 Å². The van der Waals surface area contributed by atoms with Crippen molar-refractivity contribution in [2.24, 2.45) is 5.73 Å². The Balaban J connectivity index is 1.65. The molecule has 4 rings (SSSR count). The van der Waals surface area contributed by atoms with Gasteiger partial charge < -0.3 is 16.0 Å².